The van der Waals surface area contributed by atoms with Crippen molar-refractivity contribution in [2.45, 2.75) is 25.9 Å². The van der Waals surface area contributed by atoms with E-state index < -0.39 is 0 Å². The fraction of sp³-hybridized carbons (Fsp3) is 0.208. The SMILES string of the molecule is c1ccc(COCCCCc2ccc(-c3ccccc3-c3nnn[nH]3)cc2)cc1. The van der Waals surface area contributed by atoms with Crippen molar-refractivity contribution in [1.29, 1.82) is 0 Å². The molecule has 29 heavy (non-hydrogen) atoms. The molecule has 0 aliphatic rings. The molecule has 0 spiro atoms. The van der Waals surface area contributed by atoms with E-state index in [1.807, 2.05) is 36.4 Å². The number of hydrogen-bond donors (Lipinski definition) is 1. The van der Waals surface area contributed by atoms with Crippen molar-refractivity contribution < 1.29 is 4.74 Å². The Kier molecular flexibility index (Phi) is 6.40. The van der Waals surface area contributed by atoms with Gasteiger partial charge in [-0.25, -0.2) is 5.10 Å². The number of aryl methyl sites for hydroxylation is 1. The van der Waals surface area contributed by atoms with Crippen LogP contribution in [0, 0.1) is 0 Å². The largest absolute Gasteiger partial charge is 0.377 e. The highest BCUT2D eigenvalue weighted by Crippen LogP contribution is 2.29. The zero-order chi connectivity index (χ0) is 19.7. The molecule has 4 aromatic rings. The van der Waals surface area contributed by atoms with Crippen LogP contribution in [-0.2, 0) is 17.8 Å². The number of H-pyrrole nitrogens is 1. The Hall–Kier alpha value is -3.31. The standard InChI is InChI=1S/C24H24N4O/c1-2-9-20(10-3-1)18-29-17-7-6-8-19-13-15-21(16-14-19)22-11-4-5-12-23(22)24-25-27-28-26-24/h1-5,9-16H,6-8,17-18H2,(H,25,26,27,28). The Balaban J connectivity index is 1.28. The summed E-state index contributed by atoms with van der Waals surface area (Å²) in [4.78, 5) is 0. The lowest BCUT2D eigenvalue weighted by atomic mass is 9.97. The van der Waals surface area contributed by atoms with Crippen molar-refractivity contribution in [2.24, 2.45) is 0 Å². The average Bonchev–Trinajstić information content (AvgIpc) is 3.32. The number of aromatic nitrogens is 4. The van der Waals surface area contributed by atoms with Crippen LogP contribution in [0.15, 0.2) is 78.9 Å². The van der Waals surface area contributed by atoms with Gasteiger partial charge in [-0.3, -0.25) is 0 Å². The van der Waals surface area contributed by atoms with E-state index in [1.165, 1.54) is 11.1 Å². The summed E-state index contributed by atoms with van der Waals surface area (Å²) in [6.07, 6.45) is 3.24. The van der Waals surface area contributed by atoms with Crippen LogP contribution in [0.1, 0.15) is 24.0 Å². The van der Waals surface area contributed by atoms with Crippen molar-refractivity contribution in [1.82, 2.24) is 20.6 Å². The molecule has 5 heteroatoms. The number of nitrogens with zero attached hydrogens (tertiary/aromatic N) is 3. The average molecular weight is 384 g/mol. The Morgan fingerprint density at radius 3 is 2.24 bits per heavy atom. The van der Waals surface area contributed by atoms with E-state index in [4.69, 9.17) is 4.74 Å². The van der Waals surface area contributed by atoms with E-state index >= 15 is 0 Å². The van der Waals surface area contributed by atoms with E-state index in [-0.39, 0.29) is 0 Å². The molecule has 0 aliphatic heterocycles. The smallest absolute Gasteiger partial charge is 0.180 e. The fourth-order valence-electron chi connectivity index (χ4n) is 3.36. The number of tetrazole rings is 1. The second kappa shape index (κ2) is 9.75. The van der Waals surface area contributed by atoms with E-state index in [0.29, 0.717) is 12.4 Å². The molecule has 0 fully saturated rings. The van der Waals surface area contributed by atoms with E-state index in [0.717, 1.165) is 42.6 Å². The second-order valence-electron chi connectivity index (χ2n) is 6.99. The van der Waals surface area contributed by atoms with Gasteiger partial charge in [-0.15, -0.1) is 5.10 Å². The monoisotopic (exact) mass is 384 g/mol. The summed E-state index contributed by atoms with van der Waals surface area (Å²) in [5.74, 6) is 0.681. The maximum atomic E-state index is 5.76. The van der Waals surface area contributed by atoms with Crippen molar-refractivity contribution >= 4 is 0 Å². The number of ether oxygens (including phenoxy) is 1. The van der Waals surface area contributed by atoms with E-state index in [2.05, 4.69) is 63.1 Å². The number of benzene rings is 3. The van der Waals surface area contributed by atoms with Crippen molar-refractivity contribution in [3.8, 4) is 22.5 Å². The van der Waals surface area contributed by atoms with Crippen LogP contribution in [0.5, 0.6) is 0 Å². The molecule has 1 heterocycles. The fourth-order valence-corrected chi connectivity index (χ4v) is 3.36. The zero-order valence-electron chi connectivity index (χ0n) is 16.3. The third kappa shape index (κ3) is 5.15. The lowest BCUT2D eigenvalue weighted by Gasteiger charge is -2.09. The number of unbranched alkanes of at least 4 members (excludes halogenated alkanes) is 1. The molecule has 0 aliphatic carbocycles. The molecule has 0 unspecified atom stereocenters. The summed E-state index contributed by atoms with van der Waals surface area (Å²) in [6.45, 7) is 1.49. The Labute approximate surface area is 170 Å². The lowest BCUT2D eigenvalue weighted by molar-refractivity contribution is 0.117. The highest BCUT2D eigenvalue weighted by atomic mass is 16.5. The maximum absolute atomic E-state index is 5.76. The van der Waals surface area contributed by atoms with Gasteiger partial charge in [-0.1, -0.05) is 78.9 Å². The van der Waals surface area contributed by atoms with Crippen molar-refractivity contribution in [3.63, 3.8) is 0 Å². The van der Waals surface area contributed by atoms with Gasteiger partial charge in [0.25, 0.3) is 0 Å². The highest BCUT2D eigenvalue weighted by Gasteiger charge is 2.09. The summed E-state index contributed by atoms with van der Waals surface area (Å²) in [5, 5.41) is 14.3. The number of aromatic amines is 1. The van der Waals surface area contributed by atoms with Crippen LogP contribution in [0.25, 0.3) is 22.5 Å². The summed E-state index contributed by atoms with van der Waals surface area (Å²) in [7, 11) is 0. The van der Waals surface area contributed by atoms with Crippen molar-refractivity contribution in [3.05, 3.63) is 90.0 Å². The van der Waals surface area contributed by atoms with Gasteiger partial charge in [0.05, 0.1) is 6.61 Å². The maximum Gasteiger partial charge on any atom is 0.180 e. The molecule has 0 bridgehead atoms. The number of nitrogens with one attached hydrogen (secondary N) is 1. The first-order valence-electron chi connectivity index (χ1n) is 9.94. The first-order valence-corrected chi connectivity index (χ1v) is 9.94. The number of hydrogen-bond acceptors (Lipinski definition) is 4. The van der Waals surface area contributed by atoms with Gasteiger partial charge in [0.1, 0.15) is 0 Å². The highest BCUT2D eigenvalue weighted by molar-refractivity contribution is 5.80. The first kappa shape index (κ1) is 19.0. The minimum atomic E-state index is 0.681. The molecule has 4 rings (SSSR count). The van der Waals surface area contributed by atoms with Gasteiger partial charge in [-0.2, -0.15) is 0 Å². The summed E-state index contributed by atoms with van der Waals surface area (Å²) >= 11 is 0. The summed E-state index contributed by atoms with van der Waals surface area (Å²) < 4.78 is 5.76. The molecular weight excluding hydrogens is 360 g/mol. The Morgan fingerprint density at radius 1 is 0.724 bits per heavy atom. The minimum Gasteiger partial charge on any atom is -0.377 e. The van der Waals surface area contributed by atoms with Gasteiger partial charge in [0.2, 0.25) is 0 Å². The van der Waals surface area contributed by atoms with Crippen LogP contribution >= 0.6 is 0 Å². The Morgan fingerprint density at radius 2 is 1.48 bits per heavy atom. The first-order chi connectivity index (χ1) is 14.4. The van der Waals surface area contributed by atoms with Gasteiger partial charge in [0, 0.05) is 12.2 Å². The van der Waals surface area contributed by atoms with Crippen LogP contribution in [0.4, 0.5) is 0 Å². The molecule has 146 valence electrons. The molecular formula is C24H24N4O. The van der Waals surface area contributed by atoms with Crippen LogP contribution < -0.4 is 0 Å². The van der Waals surface area contributed by atoms with E-state index in [1.54, 1.807) is 0 Å². The molecule has 0 saturated heterocycles. The molecule has 5 nitrogen and oxygen atoms in total. The van der Waals surface area contributed by atoms with Gasteiger partial charge in [-0.05, 0) is 51.9 Å². The Bertz CT molecular complexity index is 999. The minimum absolute atomic E-state index is 0.681. The second-order valence-corrected chi connectivity index (χ2v) is 6.99. The summed E-state index contributed by atoms with van der Waals surface area (Å²) in [5.41, 5.74) is 5.85. The molecule has 0 amide bonds. The molecule has 1 N–H and O–H groups in total. The van der Waals surface area contributed by atoms with Gasteiger partial charge < -0.3 is 4.74 Å². The molecule has 1 aromatic heterocycles. The van der Waals surface area contributed by atoms with Crippen LogP contribution in [-0.4, -0.2) is 27.2 Å². The third-order valence-electron chi connectivity index (χ3n) is 4.91. The van der Waals surface area contributed by atoms with E-state index in [9.17, 15) is 0 Å². The quantitative estimate of drug-likeness (QED) is 0.409. The summed E-state index contributed by atoms with van der Waals surface area (Å²) in [6, 6.07) is 27.2. The third-order valence-corrected chi connectivity index (χ3v) is 4.91. The number of rotatable bonds is 9. The van der Waals surface area contributed by atoms with Gasteiger partial charge >= 0.3 is 0 Å². The topological polar surface area (TPSA) is 63.7 Å². The van der Waals surface area contributed by atoms with Gasteiger partial charge in [0.15, 0.2) is 5.82 Å². The van der Waals surface area contributed by atoms with Crippen LogP contribution in [0.2, 0.25) is 0 Å². The van der Waals surface area contributed by atoms with Crippen LogP contribution in [0.3, 0.4) is 0 Å². The lowest BCUT2D eigenvalue weighted by Crippen LogP contribution is -1.96. The molecule has 0 atom stereocenters. The van der Waals surface area contributed by atoms with Crippen molar-refractivity contribution in [2.75, 3.05) is 6.61 Å². The normalized spacial score (nSPS) is 10.9. The molecule has 3 aromatic carbocycles. The molecule has 0 saturated carbocycles. The predicted molar refractivity (Wildman–Crippen MR) is 114 cm³/mol. The zero-order valence-corrected chi connectivity index (χ0v) is 16.3. The molecule has 0 radical (unpaired) electrons. The predicted octanol–water partition coefficient (Wildman–Crippen LogP) is 5.07.